The van der Waals surface area contributed by atoms with Crippen LogP contribution in [0.1, 0.15) is 12.5 Å². The summed E-state index contributed by atoms with van der Waals surface area (Å²) in [6.07, 6.45) is 3.66. The van der Waals surface area contributed by atoms with Crippen molar-refractivity contribution < 1.29 is 9.53 Å². The highest BCUT2D eigenvalue weighted by Crippen LogP contribution is 2.25. The first-order valence-corrected chi connectivity index (χ1v) is 7.33. The highest BCUT2D eigenvalue weighted by atomic mass is 16.5. The molecule has 1 N–H and O–H groups in total. The van der Waals surface area contributed by atoms with Crippen molar-refractivity contribution in [2.45, 2.75) is 19.5 Å². The second kappa shape index (κ2) is 6.19. The van der Waals surface area contributed by atoms with Gasteiger partial charge in [0.05, 0.1) is 19.9 Å². The number of methoxy groups -OCH3 is 1. The Morgan fingerprint density at radius 3 is 3.00 bits per heavy atom. The number of hydrogen-bond donors (Lipinski definition) is 1. The van der Waals surface area contributed by atoms with E-state index in [0.717, 1.165) is 30.1 Å². The van der Waals surface area contributed by atoms with Gasteiger partial charge in [0.25, 0.3) is 0 Å². The van der Waals surface area contributed by atoms with Crippen LogP contribution in [0.4, 0.5) is 5.69 Å². The number of nitrogens with zero attached hydrogens (tertiary/aromatic N) is 3. The van der Waals surface area contributed by atoms with Crippen LogP contribution in [-0.4, -0.2) is 47.2 Å². The fourth-order valence-corrected chi connectivity index (χ4v) is 2.93. The first-order chi connectivity index (χ1) is 10.7. The van der Waals surface area contributed by atoms with Crippen molar-refractivity contribution in [3.8, 4) is 5.75 Å². The van der Waals surface area contributed by atoms with Gasteiger partial charge in [0.1, 0.15) is 5.75 Å². The zero-order chi connectivity index (χ0) is 15.5. The fraction of sp³-hybridized carbons (Fsp3) is 0.375. The SMILES string of the molecule is COc1cccc(N2C(=O)CN(Cc3cn[nH]c3)CC2C)c1. The highest BCUT2D eigenvalue weighted by Gasteiger charge is 2.31. The lowest BCUT2D eigenvalue weighted by molar-refractivity contribution is -0.122. The molecule has 6 heteroatoms. The fourth-order valence-electron chi connectivity index (χ4n) is 2.93. The Morgan fingerprint density at radius 1 is 1.45 bits per heavy atom. The van der Waals surface area contributed by atoms with Crippen LogP contribution in [0.25, 0.3) is 0 Å². The third kappa shape index (κ3) is 2.96. The Labute approximate surface area is 129 Å². The molecular formula is C16H20N4O2. The zero-order valence-corrected chi connectivity index (χ0v) is 12.8. The van der Waals surface area contributed by atoms with E-state index in [1.54, 1.807) is 13.3 Å². The van der Waals surface area contributed by atoms with Crippen molar-refractivity contribution in [3.05, 3.63) is 42.2 Å². The lowest BCUT2D eigenvalue weighted by atomic mass is 10.1. The molecule has 116 valence electrons. The van der Waals surface area contributed by atoms with Crippen LogP contribution in [0.5, 0.6) is 5.75 Å². The standard InChI is InChI=1S/C16H20N4O2/c1-12-9-19(10-13-7-17-18-8-13)11-16(21)20(12)14-4-3-5-15(6-14)22-2/h3-8,12H,9-11H2,1-2H3,(H,17,18). The van der Waals surface area contributed by atoms with Gasteiger partial charge >= 0.3 is 0 Å². The summed E-state index contributed by atoms with van der Waals surface area (Å²) in [7, 11) is 1.63. The lowest BCUT2D eigenvalue weighted by Crippen LogP contribution is -2.55. The minimum Gasteiger partial charge on any atom is -0.497 e. The van der Waals surface area contributed by atoms with Crippen molar-refractivity contribution in [1.29, 1.82) is 0 Å². The maximum absolute atomic E-state index is 12.6. The number of piperazine rings is 1. The molecule has 2 aromatic rings. The van der Waals surface area contributed by atoms with Crippen LogP contribution in [0.3, 0.4) is 0 Å². The third-order valence-electron chi connectivity index (χ3n) is 3.88. The lowest BCUT2D eigenvalue weighted by Gasteiger charge is -2.39. The second-order valence-corrected chi connectivity index (χ2v) is 5.59. The maximum atomic E-state index is 12.6. The highest BCUT2D eigenvalue weighted by molar-refractivity contribution is 5.96. The second-order valence-electron chi connectivity index (χ2n) is 5.59. The minimum atomic E-state index is 0.107. The van der Waals surface area contributed by atoms with E-state index in [2.05, 4.69) is 22.0 Å². The van der Waals surface area contributed by atoms with Crippen molar-refractivity contribution in [1.82, 2.24) is 15.1 Å². The number of aromatic nitrogens is 2. The Balaban J connectivity index is 1.74. The van der Waals surface area contributed by atoms with Gasteiger partial charge in [0, 0.05) is 42.6 Å². The summed E-state index contributed by atoms with van der Waals surface area (Å²) in [5.41, 5.74) is 1.98. The number of benzene rings is 1. The molecule has 1 saturated heterocycles. The van der Waals surface area contributed by atoms with Crippen LogP contribution in [0.2, 0.25) is 0 Å². The number of aromatic amines is 1. The summed E-state index contributed by atoms with van der Waals surface area (Å²) >= 11 is 0. The Kier molecular flexibility index (Phi) is 4.11. The van der Waals surface area contributed by atoms with E-state index in [4.69, 9.17) is 4.74 Å². The Morgan fingerprint density at radius 2 is 2.32 bits per heavy atom. The molecule has 1 fully saturated rings. The van der Waals surface area contributed by atoms with Gasteiger partial charge in [-0.25, -0.2) is 0 Å². The largest absolute Gasteiger partial charge is 0.497 e. The number of nitrogens with one attached hydrogen (secondary N) is 1. The van der Waals surface area contributed by atoms with E-state index in [0.29, 0.717) is 6.54 Å². The molecule has 0 spiro atoms. The molecule has 22 heavy (non-hydrogen) atoms. The van der Waals surface area contributed by atoms with Gasteiger partial charge in [-0.2, -0.15) is 5.10 Å². The molecule has 1 atom stereocenters. The molecule has 0 saturated carbocycles. The maximum Gasteiger partial charge on any atom is 0.241 e. The molecule has 1 aromatic heterocycles. The number of rotatable bonds is 4. The predicted molar refractivity (Wildman–Crippen MR) is 83.8 cm³/mol. The normalized spacial score (nSPS) is 19.5. The number of anilines is 1. The molecule has 0 aliphatic carbocycles. The molecular weight excluding hydrogens is 280 g/mol. The van der Waals surface area contributed by atoms with Gasteiger partial charge in [-0.05, 0) is 19.1 Å². The summed E-state index contributed by atoms with van der Waals surface area (Å²) in [6.45, 7) is 4.04. The number of amides is 1. The number of ether oxygens (including phenoxy) is 1. The smallest absolute Gasteiger partial charge is 0.241 e. The van der Waals surface area contributed by atoms with Crippen molar-refractivity contribution in [3.63, 3.8) is 0 Å². The van der Waals surface area contributed by atoms with Crippen LogP contribution < -0.4 is 9.64 Å². The summed E-state index contributed by atoms with van der Waals surface area (Å²) in [5, 5.41) is 6.75. The Bertz CT molecular complexity index is 641. The van der Waals surface area contributed by atoms with Gasteiger partial charge in [0.15, 0.2) is 0 Å². The van der Waals surface area contributed by atoms with E-state index in [-0.39, 0.29) is 11.9 Å². The first-order valence-electron chi connectivity index (χ1n) is 7.33. The average molecular weight is 300 g/mol. The molecule has 0 bridgehead atoms. The summed E-state index contributed by atoms with van der Waals surface area (Å²) in [6, 6.07) is 7.75. The topological polar surface area (TPSA) is 61.5 Å². The van der Waals surface area contributed by atoms with Gasteiger partial charge in [0.2, 0.25) is 5.91 Å². The van der Waals surface area contributed by atoms with E-state index >= 15 is 0 Å². The predicted octanol–water partition coefficient (Wildman–Crippen LogP) is 1.66. The van der Waals surface area contributed by atoms with E-state index in [1.165, 1.54) is 0 Å². The van der Waals surface area contributed by atoms with Crippen LogP contribution >= 0.6 is 0 Å². The van der Waals surface area contributed by atoms with Crippen molar-refractivity contribution in [2.24, 2.45) is 0 Å². The van der Waals surface area contributed by atoms with Crippen molar-refractivity contribution in [2.75, 3.05) is 25.1 Å². The zero-order valence-electron chi connectivity index (χ0n) is 12.8. The summed E-state index contributed by atoms with van der Waals surface area (Å²) in [4.78, 5) is 16.6. The summed E-state index contributed by atoms with van der Waals surface area (Å²) < 4.78 is 5.25. The molecule has 6 nitrogen and oxygen atoms in total. The van der Waals surface area contributed by atoms with Gasteiger partial charge in [-0.1, -0.05) is 6.07 Å². The minimum absolute atomic E-state index is 0.107. The van der Waals surface area contributed by atoms with E-state index < -0.39 is 0 Å². The molecule has 2 heterocycles. The van der Waals surface area contributed by atoms with Gasteiger partial charge in [-0.15, -0.1) is 0 Å². The van der Waals surface area contributed by atoms with Crippen LogP contribution in [0, 0.1) is 0 Å². The molecule has 1 aromatic carbocycles. The van der Waals surface area contributed by atoms with E-state index in [9.17, 15) is 4.79 Å². The number of carbonyl (C=O) groups excluding carboxylic acids is 1. The number of H-pyrrole nitrogens is 1. The quantitative estimate of drug-likeness (QED) is 0.933. The number of hydrogen-bond acceptors (Lipinski definition) is 4. The molecule has 3 rings (SSSR count). The molecule has 0 radical (unpaired) electrons. The van der Waals surface area contributed by atoms with Crippen LogP contribution in [-0.2, 0) is 11.3 Å². The first kappa shape index (κ1) is 14.6. The van der Waals surface area contributed by atoms with Crippen LogP contribution in [0.15, 0.2) is 36.7 Å². The number of carbonyl (C=O) groups is 1. The van der Waals surface area contributed by atoms with Crippen molar-refractivity contribution >= 4 is 11.6 Å². The Hall–Kier alpha value is -2.34. The van der Waals surface area contributed by atoms with Gasteiger partial charge in [-0.3, -0.25) is 14.8 Å². The summed E-state index contributed by atoms with van der Waals surface area (Å²) in [5.74, 6) is 0.869. The van der Waals surface area contributed by atoms with E-state index in [1.807, 2.05) is 35.4 Å². The molecule has 1 aliphatic heterocycles. The monoisotopic (exact) mass is 300 g/mol. The average Bonchev–Trinajstić information content (AvgIpc) is 2.99. The molecule has 1 amide bonds. The third-order valence-corrected chi connectivity index (χ3v) is 3.88. The molecule has 1 unspecified atom stereocenters. The molecule has 1 aliphatic rings. The van der Waals surface area contributed by atoms with Gasteiger partial charge < -0.3 is 9.64 Å².